The second kappa shape index (κ2) is 12.5. The van der Waals surface area contributed by atoms with E-state index in [1.807, 2.05) is 26.8 Å². The van der Waals surface area contributed by atoms with Crippen molar-refractivity contribution in [2.45, 2.75) is 103 Å². The smallest absolute Gasteiger partial charge is 0.410 e. The number of hydrogen-bond donors (Lipinski definition) is 0. The van der Waals surface area contributed by atoms with Crippen molar-refractivity contribution in [3.8, 4) is 5.75 Å². The van der Waals surface area contributed by atoms with Gasteiger partial charge in [0.1, 0.15) is 30.7 Å². The van der Waals surface area contributed by atoms with Crippen molar-refractivity contribution in [1.82, 2.24) is 14.7 Å². The number of rotatable bonds is 9. The lowest BCUT2D eigenvalue weighted by Crippen LogP contribution is -2.55. The van der Waals surface area contributed by atoms with Crippen LogP contribution in [0.1, 0.15) is 68.8 Å². The number of hydrogen-bond acceptors (Lipinski definition) is 7. The molecule has 10 nitrogen and oxygen atoms in total. The third kappa shape index (κ3) is 7.88. The Bertz CT molecular complexity index is 1160. The van der Waals surface area contributed by atoms with Crippen LogP contribution in [0.25, 0.3) is 0 Å². The minimum atomic E-state index is -1.30. The molecule has 0 radical (unpaired) electrons. The van der Waals surface area contributed by atoms with Crippen LogP contribution >= 0.6 is 0 Å². The molecule has 41 heavy (non-hydrogen) atoms. The second-order valence-electron chi connectivity index (χ2n) is 13.4. The predicted octanol–water partition coefficient (Wildman–Crippen LogP) is 4.64. The third-order valence-electron chi connectivity index (χ3n) is 7.68. The molecule has 226 valence electrons. The number of fused-ring (bicyclic) bond motifs is 1. The topological polar surface area (TPSA) is 106 Å². The first-order valence-electron chi connectivity index (χ1n) is 14.7. The van der Waals surface area contributed by atoms with Crippen LogP contribution in [0.5, 0.6) is 5.75 Å². The first kappa shape index (κ1) is 31.0. The summed E-state index contributed by atoms with van der Waals surface area (Å²) in [5.74, 6) is -0.258. The van der Waals surface area contributed by atoms with Crippen LogP contribution < -0.4 is 4.74 Å². The van der Waals surface area contributed by atoms with Crippen molar-refractivity contribution in [1.29, 1.82) is 0 Å². The molecule has 0 spiro atoms. The van der Waals surface area contributed by atoms with Crippen molar-refractivity contribution < 1.29 is 33.4 Å². The van der Waals surface area contributed by atoms with Gasteiger partial charge in [0.05, 0.1) is 6.04 Å². The molecular weight excluding hydrogens is 542 g/mol. The lowest BCUT2D eigenvalue weighted by molar-refractivity contribution is -0.158. The minimum Gasteiger partial charge on any atom is -0.491 e. The van der Waals surface area contributed by atoms with E-state index in [1.165, 1.54) is 0 Å². The lowest BCUT2D eigenvalue weighted by Gasteiger charge is -2.36. The summed E-state index contributed by atoms with van der Waals surface area (Å²) in [6.45, 7) is 14.0. The fraction of sp³-hybridized carbons (Fsp3) is 0.667. The Morgan fingerprint density at radius 3 is 2.54 bits per heavy atom. The Labute approximate surface area is 244 Å². The molecule has 3 heterocycles. The van der Waals surface area contributed by atoms with E-state index < -0.39 is 19.7 Å². The van der Waals surface area contributed by atoms with Crippen LogP contribution in [0, 0.1) is 0 Å². The van der Waals surface area contributed by atoms with Gasteiger partial charge in [0.2, 0.25) is 5.91 Å². The number of benzene rings is 1. The SMILES string of the molecule is CC(C)(C)OC(=O)N1CCCC[C@H]1COc1ccc2c(c1)CN(C1CCC(=O)N(COCC[Si](C)(C)C)C1=O)C2=O. The molecule has 2 saturated heterocycles. The zero-order chi connectivity index (χ0) is 29.9. The number of imide groups is 1. The molecule has 2 fully saturated rings. The number of amides is 4. The van der Waals surface area contributed by atoms with Crippen molar-refractivity contribution in [2.24, 2.45) is 0 Å². The molecule has 1 aromatic carbocycles. The third-order valence-corrected chi connectivity index (χ3v) is 9.39. The first-order chi connectivity index (χ1) is 19.2. The van der Waals surface area contributed by atoms with Crippen LogP contribution in [-0.4, -0.2) is 90.8 Å². The Morgan fingerprint density at radius 1 is 1.07 bits per heavy atom. The van der Waals surface area contributed by atoms with Gasteiger partial charge in [0, 0.05) is 39.8 Å². The van der Waals surface area contributed by atoms with Gasteiger partial charge in [-0.1, -0.05) is 19.6 Å². The van der Waals surface area contributed by atoms with Gasteiger partial charge in [-0.05, 0) is 76.3 Å². The van der Waals surface area contributed by atoms with Gasteiger partial charge in [-0.15, -0.1) is 0 Å². The molecule has 1 unspecified atom stereocenters. The van der Waals surface area contributed by atoms with Crippen molar-refractivity contribution in [2.75, 3.05) is 26.5 Å². The van der Waals surface area contributed by atoms with Crippen molar-refractivity contribution in [3.05, 3.63) is 29.3 Å². The number of ether oxygens (including phenoxy) is 3. The molecule has 1 aromatic rings. The zero-order valence-electron chi connectivity index (χ0n) is 25.4. The van der Waals surface area contributed by atoms with Gasteiger partial charge in [-0.2, -0.15) is 0 Å². The summed E-state index contributed by atoms with van der Waals surface area (Å²) in [7, 11) is -1.30. The van der Waals surface area contributed by atoms with Gasteiger partial charge in [0.15, 0.2) is 0 Å². The molecule has 3 aliphatic rings. The average molecular weight is 588 g/mol. The quantitative estimate of drug-likeness (QED) is 0.235. The van der Waals surface area contributed by atoms with Gasteiger partial charge in [-0.3, -0.25) is 19.3 Å². The summed E-state index contributed by atoms with van der Waals surface area (Å²) in [6, 6.07) is 5.46. The molecule has 0 aliphatic carbocycles. The van der Waals surface area contributed by atoms with Crippen LogP contribution in [0.2, 0.25) is 25.7 Å². The highest BCUT2D eigenvalue weighted by atomic mass is 28.3. The number of carbonyl (C=O) groups is 4. The fourth-order valence-electron chi connectivity index (χ4n) is 5.37. The number of nitrogens with zero attached hydrogens (tertiary/aromatic N) is 3. The van der Waals surface area contributed by atoms with E-state index in [9.17, 15) is 19.2 Å². The van der Waals surface area contributed by atoms with E-state index in [4.69, 9.17) is 14.2 Å². The molecule has 11 heteroatoms. The molecular formula is C30H45N3O7Si. The Morgan fingerprint density at radius 2 is 1.83 bits per heavy atom. The first-order valence-corrected chi connectivity index (χ1v) is 18.4. The number of carbonyl (C=O) groups excluding carboxylic acids is 4. The van der Waals surface area contributed by atoms with E-state index in [1.54, 1.807) is 21.9 Å². The maximum atomic E-state index is 13.3. The fourth-order valence-corrected chi connectivity index (χ4v) is 6.13. The zero-order valence-corrected chi connectivity index (χ0v) is 26.4. The maximum Gasteiger partial charge on any atom is 0.410 e. The van der Waals surface area contributed by atoms with Gasteiger partial charge in [0.25, 0.3) is 11.8 Å². The number of piperidine rings is 2. The van der Waals surface area contributed by atoms with E-state index >= 15 is 0 Å². The summed E-state index contributed by atoms with van der Waals surface area (Å²) in [5.41, 5.74) is 0.749. The van der Waals surface area contributed by atoms with E-state index in [0.29, 0.717) is 37.5 Å². The molecule has 2 atom stereocenters. The lowest BCUT2D eigenvalue weighted by atomic mass is 10.0. The number of likely N-dealkylation sites (tertiary alicyclic amines) is 2. The summed E-state index contributed by atoms with van der Waals surface area (Å²) in [5, 5.41) is 0. The summed E-state index contributed by atoms with van der Waals surface area (Å²) in [4.78, 5) is 56.3. The summed E-state index contributed by atoms with van der Waals surface area (Å²) >= 11 is 0. The van der Waals surface area contributed by atoms with Crippen LogP contribution in [0.15, 0.2) is 18.2 Å². The molecule has 0 N–H and O–H groups in total. The van der Waals surface area contributed by atoms with Gasteiger partial charge < -0.3 is 24.0 Å². The predicted molar refractivity (Wildman–Crippen MR) is 156 cm³/mol. The van der Waals surface area contributed by atoms with Crippen molar-refractivity contribution >= 4 is 31.9 Å². The molecule has 0 aromatic heterocycles. The summed E-state index contributed by atoms with van der Waals surface area (Å²) < 4.78 is 17.4. The van der Waals surface area contributed by atoms with Crippen LogP contribution in [-0.2, 0) is 25.6 Å². The molecule has 0 saturated carbocycles. The second-order valence-corrected chi connectivity index (χ2v) is 19.1. The highest BCUT2D eigenvalue weighted by Gasteiger charge is 2.43. The largest absolute Gasteiger partial charge is 0.491 e. The van der Waals surface area contributed by atoms with Crippen LogP contribution in [0.4, 0.5) is 4.79 Å². The monoisotopic (exact) mass is 587 g/mol. The Kier molecular flexibility index (Phi) is 9.48. The minimum absolute atomic E-state index is 0.0763. The average Bonchev–Trinajstić information content (AvgIpc) is 3.20. The van der Waals surface area contributed by atoms with Crippen molar-refractivity contribution in [3.63, 3.8) is 0 Å². The van der Waals surface area contributed by atoms with Gasteiger partial charge >= 0.3 is 6.09 Å². The normalized spacial score (nSPS) is 21.8. The standard InChI is InChI=1S/C30H45N3O7Si/c1-30(2,3)40-29(37)31-14-8-7-9-22(31)19-39-23-10-11-24-21(17-23)18-32(27(24)35)25-12-13-26(34)33(28(25)36)20-38-15-16-41(4,5)6/h10-11,17,22,25H,7-9,12-16,18-20H2,1-6H3/t22-,25?/m0/s1. The summed E-state index contributed by atoms with van der Waals surface area (Å²) in [6.07, 6.45) is 2.94. The maximum absolute atomic E-state index is 13.3. The van der Waals surface area contributed by atoms with E-state index in [0.717, 1.165) is 35.8 Å². The van der Waals surface area contributed by atoms with E-state index in [2.05, 4.69) is 19.6 Å². The van der Waals surface area contributed by atoms with Gasteiger partial charge in [-0.25, -0.2) is 4.79 Å². The molecule has 3 aliphatic heterocycles. The molecule has 4 rings (SSSR count). The highest BCUT2D eigenvalue weighted by Crippen LogP contribution is 2.32. The molecule has 4 amide bonds. The Hall–Kier alpha value is -2.92. The Balaban J connectivity index is 1.37. The highest BCUT2D eigenvalue weighted by molar-refractivity contribution is 6.76. The van der Waals surface area contributed by atoms with Crippen LogP contribution in [0.3, 0.4) is 0 Å². The van der Waals surface area contributed by atoms with E-state index in [-0.39, 0.29) is 49.6 Å². The molecule has 0 bridgehead atoms.